The smallest absolute Gasteiger partial charge is 0.321 e. The van der Waals surface area contributed by atoms with Crippen molar-refractivity contribution in [3.8, 4) is 0 Å². The fourth-order valence-corrected chi connectivity index (χ4v) is 8.48. The summed E-state index contributed by atoms with van der Waals surface area (Å²) >= 11 is 0. The zero-order valence-electron chi connectivity index (χ0n) is 22.3. The van der Waals surface area contributed by atoms with Gasteiger partial charge in [0.1, 0.15) is 16.4 Å². The molecule has 2 saturated carbocycles. The molecule has 9 heteroatoms. The number of nitrogens with zero attached hydrogens (tertiary/aromatic N) is 3. The number of hydrogen-bond acceptors (Lipinski definition) is 5. The van der Waals surface area contributed by atoms with E-state index in [0.29, 0.717) is 25.3 Å². The summed E-state index contributed by atoms with van der Waals surface area (Å²) in [6, 6.07) is 10.6. The summed E-state index contributed by atoms with van der Waals surface area (Å²) in [6.07, 6.45) is 8.25. The van der Waals surface area contributed by atoms with E-state index in [1.165, 1.54) is 24.8 Å². The van der Waals surface area contributed by atoms with Crippen molar-refractivity contribution >= 4 is 21.8 Å². The van der Waals surface area contributed by atoms with Gasteiger partial charge >= 0.3 is 6.03 Å². The fraction of sp³-hybridized carbons (Fsp3) is 0.714. The summed E-state index contributed by atoms with van der Waals surface area (Å²) in [7, 11) is 1.33. The first-order chi connectivity index (χ1) is 17.6. The van der Waals surface area contributed by atoms with Crippen LogP contribution < -0.4 is 5.32 Å². The molecule has 2 heterocycles. The second kappa shape index (κ2) is 10.2. The van der Waals surface area contributed by atoms with Gasteiger partial charge in [0.2, 0.25) is 5.91 Å². The van der Waals surface area contributed by atoms with Crippen LogP contribution in [-0.2, 0) is 20.2 Å². The molecular weight excluding hydrogens is 488 g/mol. The molecule has 4 aliphatic rings. The Kier molecular flexibility index (Phi) is 7.31. The highest BCUT2D eigenvalue weighted by atomic mass is 32.2. The number of sulfone groups is 1. The van der Waals surface area contributed by atoms with Crippen molar-refractivity contribution in [2.24, 2.45) is 5.92 Å². The lowest BCUT2D eigenvalue weighted by atomic mass is 9.68. The van der Waals surface area contributed by atoms with E-state index in [1.807, 2.05) is 0 Å². The summed E-state index contributed by atoms with van der Waals surface area (Å²) in [5, 5.41) is 3.00. The van der Waals surface area contributed by atoms with E-state index < -0.39 is 9.84 Å². The van der Waals surface area contributed by atoms with E-state index in [9.17, 15) is 18.0 Å². The van der Waals surface area contributed by atoms with Crippen molar-refractivity contribution in [2.45, 2.75) is 74.9 Å². The van der Waals surface area contributed by atoms with E-state index in [0.717, 1.165) is 32.2 Å². The maximum absolute atomic E-state index is 13.7. The van der Waals surface area contributed by atoms with Crippen LogP contribution in [0.2, 0.25) is 0 Å². The van der Waals surface area contributed by atoms with Crippen molar-refractivity contribution in [1.29, 1.82) is 0 Å². The Morgan fingerprint density at radius 1 is 1.03 bits per heavy atom. The number of urea groups is 1. The number of amides is 3. The van der Waals surface area contributed by atoms with Crippen LogP contribution in [0.25, 0.3) is 0 Å². The summed E-state index contributed by atoms with van der Waals surface area (Å²) in [6.45, 7) is 1.42. The minimum atomic E-state index is -2.98. The van der Waals surface area contributed by atoms with Gasteiger partial charge in [-0.15, -0.1) is 0 Å². The molecular formula is C28H42N4O4S. The third-order valence-electron chi connectivity index (χ3n) is 9.65. The van der Waals surface area contributed by atoms with Gasteiger partial charge in [-0.25, -0.2) is 13.2 Å². The second-order valence-electron chi connectivity index (χ2n) is 12.1. The van der Waals surface area contributed by atoms with Crippen LogP contribution in [-0.4, -0.2) is 91.9 Å². The predicted molar refractivity (Wildman–Crippen MR) is 144 cm³/mol. The topological polar surface area (TPSA) is 90.0 Å². The SMILES string of the molecule is CN(C)C1(c2ccccc2)CCC2(CC1)CN(CC(=O)NC1CCS(=O)(=O)CC1)C(=O)N2CC1CCC1. The molecule has 8 nitrogen and oxygen atoms in total. The lowest BCUT2D eigenvalue weighted by Gasteiger charge is -2.51. The largest absolute Gasteiger partial charge is 0.352 e. The lowest BCUT2D eigenvalue weighted by Crippen LogP contribution is -2.56. The van der Waals surface area contributed by atoms with Crippen LogP contribution in [0.3, 0.4) is 0 Å². The molecule has 1 aromatic carbocycles. The first-order valence-corrected chi connectivity index (χ1v) is 15.7. The van der Waals surface area contributed by atoms with Crippen LogP contribution >= 0.6 is 0 Å². The van der Waals surface area contributed by atoms with E-state index >= 15 is 0 Å². The number of rotatable bonds is 7. The molecule has 2 aliphatic heterocycles. The number of benzene rings is 1. The summed E-state index contributed by atoms with van der Waals surface area (Å²) in [5.74, 6) is 0.622. The average molecular weight is 531 g/mol. The molecule has 4 fully saturated rings. The number of carbonyl (C=O) groups is 2. The highest BCUT2D eigenvalue weighted by molar-refractivity contribution is 7.91. The molecule has 1 N–H and O–H groups in total. The van der Waals surface area contributed by atoms with Gasteiger partial charge in [0.25, 0.3) is 0 Å². The summed E-state index contributed by atoms with van der Waals surface area (Å²) < 4.78 is 23.5. The van der Waals surface area contributed by atoms with Crippen LogP contribution in [0.1, 0.15) is 63.4 Å². The maximum Gasteiger partial charge on any atom is 0.321 e. The molecule has 204 valence electrons. The van der Waals surface area contributed by atoms with Gasteiger partial charge < -0.3 is 15.1 Å². The molecule has 0 atom stereocenters. The molecule has 37 heavy (non-hydrogen) atoms. The maximum atomic E-state index is 13.7. The van der Waals surface area contributed by atoms with Crippen LogP contribution in [0.5, 0.6) is 0 Å². The minimum absolute atomic E-state index is 0.00895. The monoisotopic (exact) mass is 530 g/mol. The van der Waals surface area contributed by atoms with E-state index in [2.05, 4.69) is 59.5 Å². The van der Waals surface area contributed by atoms with E-state index in [-0.39, 0.29) is 47.1 Å². The molecule has 1 aromatic rings. The molecule has 2 saturated heterocycles. The van der Waals surface area contributed by atoms with E-state index in [4.69, 9.17) is 0 Å². The molecule has 5 rings (SSSR count). The minimum Gasteiger partial charge on any atom is -0.352 e. The van der Waals surface area contributed by atoms with Crippen molar-refractivity contribution in [3.05, 3.63) is 35.9 Å². The predicted octanol–water partition coefficient (Wildman–Crippen LogP) is 2.99. The Bertz CT molecular complexity index is 1080. The molecule has 0 bridgehead atoms. The van der Waals surface area contributed by atoms with Crippen LogP contribution in [0, 0.1) is 5.92 Å². The quantitative estimate of drug-likeness (QED) is 0.586. The zero-order valence-corrected chi connectivity index (χ0v) is 23.1. The van der Waals surface area contributed by atoms with Gasteiger partial charge in [0.05, 0.1) is 17.0 Å². The second-order valence-corrected chi connectivity index (χ2v) is 14.4. The highest BCUT2D eigenvalue weighted by Crippen LogP contribution is 2.49. The number of nitrogens with one attached hydrogen (secondary N) is 1. The Hall–Kier alpha value is -2.13. The Morgan fingerprint density at radius 2 is 1.68 bits per heavy atom. The van der Waals surface area contributed by atoms with Crippen molar-refractivity contribution in [1.82, 2.24) is 20.0 Å². The summed E-state index contributed by atoms with van der Waals surface area (Å²) in [5.41, 5.74) is 1.04. The summed E-state index contributed by atoms with van der Waals surface area (Å²) in [4.78, 5) is 32.9. The van der Waals surface area contributed by atoms with Gasteiger partial charge in [-0.05, 0) is 76.9 Å². The van der Waals surface area contributed by atoms with Crippen molar-refractivity contribution in [2.75, 3.05) is 45.2 Å². The first kappa shape index (κ1) is 26.5. The zero-order chi connectivity index (χ0) is 26.3. The Balaban J connectivity index is 1.29. The Morgan fingerprint density at radius 3 is 2.24 bits per heavy atom. The average Bonchev–Trinajstić information content (AvgIpc) is 3.08. The molecule has 1 spiro atoms. The standard InChI is InChI=1S/C28H42N4O4S/c1-30(2)28(23-9-4-3-5-10-23)15-13-27(14-16-28)21-31(26(34)32(27)19-22-7-6-8-22)20-25(33)29-24-11-17-37(35,36)18-12-24/h3-5,9-10,22,24H,6-8,11-21H2,1-2H3,(H,29,33). The molecule has 3 amide bonds. The van der Waals surface area contributed by atoms with Crippen LogP contribution in [0.15, 0.2) is 30.3 Å². The number of carbonyl (C=O) groups excluding carboxylic acids is 2. The van der Waals surface area contributed by atoms with Gasteiger partial charge in [-0.3, -0.25) is 9.69 Å². The van der Waals surface area contributed by atoms with Crippen LogP contribution in [0.4, 0.5) is 4.79 Å². The molecule has 0 unspecified atom stereocenters. The Labute approximate surface area is 221 Å². The first-order valence-electron chi connectivity index (χ1n) is 13.9. The van der Waals surface area contributed by atoms with Gasteiger partial charge in [0.15, 0.2) is 0 Å². The molecule has 0 radical (unpaired) electrons. The molecule has 2 aliphatic carbocycles. The fourth-order valence-electron chi connectivity index (χ4n) is 6.99. The van der Waals surface area contributed by atoms with E-state index in [1.54, 1.807) is 4.90 Å². The lowest BCUT2D eigenvalue weighted by molar-refractivity contribution is -0.122. The highest BCUT2D eigenvalue weighted by Gasteiger charge is 2.55. The van der Waals surface area contributed by atoms with Gasteiger partial charge in [-0.1, -0.05) is 36.8 Å². The third kappa shape index (κ3) is 5.26. The van der Waals surface area contributed by atoms with Crippen molar-refractivity contribution < 1.29 is 18.0 Å². The molecule has 0 aromatic heterocycles. The van der Waals surface area contributed by atoms with Gasteiger partial charge in [0, 0.05) is 24.7 Å². The van der Waals surface area contributed by atoms with Gasteiger partial charge in [-0.2, -0.15) is 0 Å². The van der Waals surface area contributed by atoms with Crippen molar-refractivity contribution in [3.63, 3.8) is 0 Å². The third-order valence-corrected chi connectivity index (χ3v) is 11.4. The normalized spacial score (nSPS) is 28.0. The number of hydrogen-bond donors (Lipinski definition) is 1.